The molecular formula is C11H14BrN3OS. The summed E-state index contributed by atoms with van der Waals surface area (Å²) in [5, 5.41) is 7.45. The van der Waals surface area contributed by atoms with Crippen molar-refractivity contribution in [3.05, 3.63) is 34.3 Å². The molecule has 1 rings (SSSR count). The van der Waals surface area contributed by atoms with Gasteiger partial charge in [0, 0.05) is 18.1 Å². The first-order valence-electron chi connectivity index (χ1n) is 5.04. The van der Waals surface area contributed by atoms with Crippen LogP contribution in [-0.2, 0) is 4.74 Å². The molecule has 0 heterocycles. The van der Waals surface area contributed by atoms with Gasteiger partial charge >= 0.3 is 0 Å². The lowest BCUT2D eigenvalue weighted by Crippen LogP contribution is -2.34. The van der Waals surface area contributed by atoms with Gasteiger partial charge in [0.15, 0.2) is 5.11 Å². The summed E-state index contributed by atoms with van der Waals surface area (Å²) in [6.45, 7) is 1.27. The molecule has 0 spiro atoms. The van der Waals surface area contributed by atoms with Crippen molar-refractivity contribution >= 4 is 39.5 Å². The van der Waals surface area contributed by atoms with Gasteiger partial charge in [0.25, 0.3) is 0 Å². The molecule has 0 aliphatic rings. The van der Waals surface area contributed by atoms with Crippen molar-refractivity contribution in [3.8, 4) is 0 Å². The standard InChI is InChI=1S/C11H14BrN3OS/c1-16-7-6-13-11(17)15-14-8-9-2-4-10(12)5-3-9/h2-5,8H,6-7H2,1H3,(H2,13,15,17). The first-order valence-corrected chi connectivity index (χ1v) is 6.24. The van der Waals surface area contributed by atoms with E-state index in [-0.39, 0.29) is 0 Å². The van der Waals surface area contributed by atoms with Gasteiger partial charge < -0.3 is 10.1 Å². The highest BCUT2D eigenvalue weighted by Gasteiger charge is 1.91. The first kappa shape index (κ1) is 14.1. The summed E-state index contributed by atoms with van der Waals surface area (Å²) in [4.78, 5) is 0. The summed E-state index contributed by atoms with van der Waals surface area (Å²) in [5.74, 6) is 0. The molecule has 0 amide bonds. The Bertz CT molecular complexity index is 381. The molecule has 0 aliphatic heterocycles. The molecule has 0 radical (unpaired) electrons. The molecule has 92 valence electrons. The molecule has 0 bridgehead atoms. The van der Waals surface area contributed by atoms with Crippen molar-refractivity contribution in [2.75, 3.05) is 20.3 Å². The number of hydrogen-bond donors (Lipinski definition) is 2. The minimum absolute atomic E-state index is 0.482. The van der Waals surface area contributed by atoms with E-state index >= 15 is 0 Å². The van der Waals surface area contributed by atoms with E-state index in [4.69, 9.17) is 17.0 Å². The predicted octanol–water partition coefficient (Wildman–Crippen LogP) is 1.89. The van der Waals surface area contributed by atoms with Gasteiger partial charge in [0.2, 0.25) is 0 Å². The van der Waals surface area contributed by atoms with E-state index in [2.05, 4.69) is 31.8 Å². The fourth-order valence-corrected chi connectivity index (χ4v) is 1.44. The largest absolute Gasteiger partial charge is 0.383 e. The van der Waals surface area contributed by atoms with Gasteiger partial charge in [-0.05, 0) is 29.9 Å². The van der Waals surface area contributed by atoms with Gasteiger partial charge in [-0.3, -0.25) is 5.43 Å². The summed E-state index contributed by atoms with van der Waals surface area (Å²) >= 11 is 8.37. The third-order valence-corrected chi connectivity index (χ3v) is 2.61. The zero-order valence-electron chi connectivity index (χ0n) is 9.44. The Hall–Kier alpha value is -0.980. The van der Waals surface area contributed by atoms with E-state index in [0.29, 0.717) is 18.3 Å². The molecule has 0 aromatic heterocycles. The van der Waals surface area contributed by atoms with Crippen molar-refractivity contribution in [2.45, 2.75) is 0 Å². The van der Waals surface area contributed by atoms with E-state index in [1.54, 1.807) is 13.3 Å². The Morgan fingerprint density at radius 2 is 2.18 bits per heavy atom. The molecule has 1 aromatic rings. The lowest BCUT2D eigenvalue weighted by atomic mass is 10.2. The zero-order valence-corrected chi connectivity index (χ0v) is 11.8. The summed E-state index contributed by atoms with van der Waals surface area (Å²) in [6.07, 6.45) is 1.71. The third-order valence-electron chi connectivity index (χ3n) is 1.84. The molecule has 17 heavy (non-hydrogen) atoms. The van der Waals surface area contributed by atoms with Crippen LogP contribution in [0.1, 0.15) is 5.56 Å². The number of halogens is 1. The van der Waals surface area contributed by atoms with Crippen LogP contribution in [0.3, 0.4) is 0 Å². The fourth-order valence-electron chi connectivity index (χ4n) is 1.02. The molecule has 6 heteroatoms. The van der Waals surface area contributed by atoms with E-state index in [9.17, 15) is 0 Å². The molecule has 4 nitrogen and oxygen atoms in total. The monoisotopic (exact) mass is 315 g/mol. The molecule has 0 saturated carbocycles. The lowest BCUT2D eigenvalue weighted by Gasteiger charge is -2.05. The lowest BCUT2D eigenvalue weighted by molar-refractivity contribution is 0.204. The molecular weight excluding hydrogens is 302 g/mol. The number of nitrogens with one attached hydrogen (secondary N) is 2. The second-order valence-electron chi connectivity index (χ2n) is 3.17. The van der Waals surface area contributed by atoms with Crippen molar-refractivity contribution in [3.63, 3.8) is 0 Å². The van der Waals surface area contributed by atoms with Crippen LogP contribution in [-0.4, -0.2) is 31.6 Å². The minimum atomic E-state index is 0.482. The van der Waals surface area contributed by atoms with Crippen LogP contribution in [0.25, 0.3) is 0 Å². The highest BCUT2D eigenvalue weighted by Crippen LogP contribution is 2.08. The molecule has 0 unspecified atom stereocenters. The summed E-state index contributed by atoms with van der Waals surface area (Å²) < 4.78 is 5.93. The van der Waals surface area contributed by atoms with Gasteiger partial charge in [-0.15, -0.1) is 0 Å². The minimum Gasteiger partial charge on any atom is -0.383 e. The Morgan fingerprint density at radius 3 is 2.82 bits per heavy atom. The van der Waals surface area contributed by atoms with Gasteiger partial charge in [0.05, 0.1) is 12.8 Å². The molecule has 0 aliphatic carbocycles. The van der Waals surface area contributed by atoms with Crippen molar-refractivity contribution in [1.29, 1.82) is 0 Å². The molecule has 0 fully saturated rings. The van der Waals surface area contributed by atoms with Gasteiger partial charge in [-0.25, -0.2) is 0 Å². The number of rotatable bonds is 5. The smallest absolute Gasteiger partial charge is 0.187 e. The van der Waals surface area contributed by atoms with E-state index in [1.165, 1.54) is 0 Å². The van der Waals surface area contributed by atoms with Crippen LogP contribution in [0.4, 0.5) is 0 Å². The Balaban J connectivity index is 2.29. The van der Waals surface area contributed by atoms with Crippen molar-refractivity contribution in [1.82, 2.24) is 10.7 Å². The fraction of sp³-hybridized carbons (Fsp3) is 0.273. The van der Waals surface area contributed by atoms with Gasteiger partial charge in [-0.1, -0.05) is 28.1 Å². The maximum absolute atomic E-state index is 5.00. The summed E-state index contributed by atoms with van der Waals surface area (Å²) in [6, 6.07) is 7.82. The second kappa shape index (κ2) is 8.16. The van der Waals surface area contributed by atoms with E-state index in [1.807, 2.05) is 24.3 Å². The SMILES string of the molecule is COCCNC(=S)NN=Cc1ccc(Br)cc1. The van der Waals surface area contributed by atoms with E-state index in [0.717, 1.165) is 10.0 Å². The topological polar surface area (TPSA) is 45.6 Å². The van der Waals surface area contributed by atoms with Gasteiger partial charge in [-0.2, -0.15) is 5.10 Å². The number of ether oxygens (including phenoxy) is 1. The molecule has 2 N–H and O–H groups in total. The highest BCUT2D eigenvalue weighted by molar-refractivity contribution is 9.10. The number of hydrogen-bond acceptors (Lipinski definition) is 3. The average Bonchev–Trinajstić information content (AvgIpc) is 2.32. The summed E-state index contributed by atoms with van der Waals surface area (Å²) in [5.41, 5.74) is 3.73. The van der Waals surface area contributed by atoms with Crippen LogP contribution in [0.15, 0.2) is 33.8 Å². The second-order valence-corrected chi connectivity index (χ2v) is 4.49. The zero-order chi connectivity index (χ0) is 12.5. The van der Waals surface area contributed by atoms with Crippen LogP contribution < -0.4 is 10.7 Å². The maximum Gasteiger partial charge on any atom is 0.187 e. The maximum atomic E-state index is 5.00. The van der Waals surface area contributed by atoms with Crippen LogP contribution in [0.2, 0.25) is 0 Å². The molecule has 1 aromatic carbocycles. The van der Waals surface area contributed by atoms with Crippen LogP contribution >= 0.6 is 28.1 Å². The number of thiocarbonyl (C=S) groups is 1. The van der Waals surface area contributed by atoms with Gasteiger partial charge in [0.1, 0.15) is 0 Å². The molecule has 0 saturated heterocycles. The quantitative estimate of drug-likeness (QED) is 0.377. The number of methoxy groups -OCH3 is 1. The molecule has 0 atom stereocenters. The normalized spacial score (nSPS) is 10.5. The Morgan fingerprint density at radius 1 is 1.47 bits per heavy atom. The number of benzene rings is 1. The predicted molar refractivity (Wildman–Crippen MR) is 77.3 cm³/mol. The van der Waals surface area contributed by atoms with Crippen LogP contribution in [0.5, 0.6) is 0 Å². The number of hydrazone groups is 1. The third kappa shape index (κ3) is 6.35. The summed E-state index contributed by atoms with van der Waals surface area (Å²) in [7, 11) is 1.64. The highest BCUT2D eigenvalue weighted by atomic mass is 79.9. The van der Waals surface area contributed by atoms with Crippen molar-refractivity contribution in [2.24, 2.45) is 5.10 Å². The van der Waals surface area contributed by atoms with Crippen molar-refractivity contribution < 1.29 is 4.74 Å². The van der Waals surface area contributed by atoms with Crippen LogP contribution in [0, 0.1) is 0 Å². The van der Waals surface area contributed by atoms with E-state index < -0.39 is 0 Å². The Labute approximate surface area is 115 Å². The Kier molecular flexibility index (Phi) is 6.76. The average molecular weight is 316 g/mol. The first-order chi connectivity index (χ1) is 8.22. The number of nitrogens with zero attached hydrogens (tertiary/aromatic N) is 1.